The van der Waals surface area contributed by atoms with Gasteiger partial charge in [-0.2, -0.15) is 0 Å². The molecule has 0 heterocycles. The molecule has 0 amide bonds. The van der Waals surface area contributed by atoms with Crippen LogP contribution in [0.5, 0.6) is 5.75 Å². The van der Waals surface area contributed by atoms with E-state index >= 15 is 0 Å². The number of rotatable bonds is 6. The minimum absolute atomic E-state index is 0.233. The first-order chi connectivity index (χ1) is 8.99. The zero-order chi connectivity index (χ0) is 14.4. The summed E-state index contributed by atoms with van der Waals surface area (Å²) < 4.78 is 9.73. The number of aliphatic hydroxyl groups is 2. The zero-order valence-electron chi connectivity index (χ0n) is 11.0. The highest BCUT2D eigenvalue weighted by Crippen LogP contribution is 2.27. The molecule has 0 aliphatic heterocycles. The molecule has 19 heavy (non-hydrogen) atoms. The molecule has 0 bridgehead atoms. The molecule has 0 spiro atoms. The first kappa shape index (κ1) is 15.3. The maximum atomic E-state index is 11.2. The molecular weight excluding hydrogens is 250 g/mol. The van der Waals surface area contributed by atoms with Gasteiger partial charge >= 0.3 is 5.97 Å². The number of anilines is 1. The molecule has 0 aliphatic rings. The van der Waals surface area contributed by atoms with Gasteiger partial charge in [0.2, 0.25) is 0 Å². The van der Waals surface area contributed by atoms with Crippen molar-refractivity contribution >= 4 is 11.7 Å². The molecule has 6 heteroatoms. The topological polar surface area (TPSA) is 102 Å². The highest BCUT2D eigenvalue weighted by molar-refractivity contribution is 5.70. The second-order valence-corrected chi connectivity index (χ2v) is 4.02. The standard InChI is InChI=1S/C13H19NO5/c1-3-19-12(16)7-10(15)13(17)8-4-5-9(14)11(6-8)18-2/h4-6,10,13,15,17H,3,7,14H2,1-2H3. The monoisotopic (exact) mass is 269 g/mol. The van der Waals surface area contributed by atoms with E-state index in [0.29, 0.717) is 17.0 Å². The largest absolute Gasteiger partial charge is 0.495 e. The molecule has 0 aliphatic carbocycles. The van der Waals surface area contributed by atoms with Crippen LogP contribution in [0.1, 0.15) is 25.0 Å². The molecule has 1 aromatic carbocycles. The van der Waals surface area contributed by atoms with Gasteiger partial charge < -0.3 is 25.4 Å². The van der Waals surface area contributed by atoms with Crippen LogP contribution < -0.4 is 10.5 Å². The first-order valence-corrected chi connectivity index (χ1v) is 5.94. The average molecular weight is 269 g/mol. The van der Waals surface area contributed by atoms with Gasteiger partial charge in [-0.05, 0) is 24.6 Å². The molecule has 1 rings (SSSR count). The van der Waals surface area contributed by atoms with E-state index in [0.717, 1.165) is 0 Å². The summed E-state index contributed by atoms with van der Waals surface area (Å²) >= 11 is 0. The Morgan fingerprint density at radius 1 is 1.42 bits per heavy atom. The molecule has 4 N–H and O–H groups in total. The van der Waals surface area contributed by atoms with Gasteiger partial charge in [0.15, 0.2) is 0 Å². The number of nitrogens with two attached hydrogens (primary N) is 1. The number of nitrogen functional groups attached to an aromatic ring is 1. The number of carbonyl (C=O) groups excluding carboxylic acids is 1. The Hall–Kier alpha value is -1.79. The number of aliphatic hydroxyl groups excluding tert-OH is 2. The van der Waals surface area contributed by atoms with Crippen LogP contribution in [0.25, 0.3) is 0 Å². The molecular formula is C13H19NO5. The predicted octanol–water partition coefficient (Wildman–Crippen LogP) is 0.625. The second kappa shape index (κ2) is 6.96. The Bertz CT molecular complexity index is 435. The van der Waals surface area contributed by atoms with E-state index in [-0.39, 0.29) is 13.0 Å². The Labute approximate surface area is 111 Å². The van der Waals surface area contributed by atoms with Crippen molar-refractivity contribution in [3.63, 3.8) is 0 Å². The SMILES string of the molecule is CCOC(=O)CC(O)C(O)c1ccc(N)c(OC)c1. The minimum Gasteiger partial charge on any atom is -0.495 e. The summed E-state index contributed by atoms with van der Waals surface area (Å²) in [6, 6.07) is 4.65. The molecule has 0 radical (unpaired) electrons. The second-order valence-electron chi connectivity index (χ2n) is 4.02. The van der Waals surface area contributed by atoms with Crippen molar-refractivity contribution in [2.45, 2.75) is 25.6 Å². The maximum Gasteiger partial charge on any atom is 0.308 e. The van der Waals surface area contributed by atoms with Crippen LogP contribution in [0.4, 0.5) is 5.69 Å². The minimum atomic E-state index is -1.24. The number of esters is 1. The Morgan fingerprint density at radius 3 is 2.68 bits per heavy atom. The lowest BCUT2D eigenvalue weighted by atomic mass is 10.0. The summed E-state index contributed by atoms with van der Waals surface area (Å²) in [7, 11) is 1.46. The van der Waals surface area contributed by atoms with Crippen molar-refractivity contribution in [2.24, 2.45) is 0 Å². The van der Waals surface area contributed by atoms with Crippen LogP contribution in [0.2, 0.25) is 0 Å². The quantitative estimate of drug-likeness (QED) is 0.517. The summed E-state index contributed by atoms with van der Waals surface area (Å²) in [4.78, 5) is 11.2. The zero-order valence-corrected chi connectivity index (χ0v) is 11.0. The third-order valence-corrected chi connectivity index (χ3v) is 2.64. The molecule has 0 fully saturated rings. The molecule has 6 nitrogen and oxygen atoms in total. The van der Waals surface area contributed by atoms with Gasteiger partial charge in [0.1, 0.15) is 11.9 Å². The van der Waals surface area contributed by atoms with Gasteiger partial charge in [-0.1, -0.05) is 6.07 Å². The summed E-state index contributed by atoms with van der Waals surface area (Å²) in [5.74, 6) is -0.156. The van der Waals surface area contributed by atoms with Gasteiger partial charge in [-0.25, -0.2) is 0 Å². The van der Waals surface area contributed by atoms with E-state index in [1.54, 1.807) is 19.1 Å². The molecule has 0 saturated heterocycles. The van der Waals surface area contributed by atoms with Crippen molar-refractivity contribution < 1.29 is 24.5 Å². The number of methoxy groups -OCH3 is 1. The van der Waals surface area contributed by atoms with Gasteiger partial charge in [0.25, 0.3) is 0 Å². The lowest BCUT2D eigenvalue weighted by Gasteiger charge is -2.18. The van der Waals surface area contributed by atoms with Crippen LogP contribution >= 0.6 is 0 Å². The molecule has 2 atom stereocenters. The third-order valence-electron chi connectivity index (χ3n) is 2.64. The van der Waals surface area contributed by atoms with E-state index in [9.17, 15) is 15.0 Å². The van der Waals surface area contributed by atoms with Crippen LogP contribution in [0, 0.1) is 0 Å². The van der Waals surface area contributed by atoms with E-state index in [4.69, 9.17) is 15.2 Å². The van der Waals surface area contributed by atoms with Crippen molar-refractivity contribution in [3.05, 3.63) is 23.8 Å². The number of hydrogen-bond acceptors (Lipinski definition) is 6. The maximum absolute atomic E-state index is 11.2. The smallest absolute Gasteiger partial charge is 0.308 e. The number of benzene rings is 1. The summed E-state index contributed by atoms with van der Waals surface area (Å²) in [5.41, 5.74) is 6.50. The fraction of sp³-hybridized carbons (Fsp3) is 0.462. The van der Waals surface area contributed by atoms with Gasteiger partial charge in [-0.15, -0.1) is 0 Å². The lowest BCUT2D eigenvalue weighted by Crippen LogP contribution is -2.23. The predicted molar refractivity (Wildman–Crippen MR) is 69.6 cm³/mol. The van der Waals surface area contributed by atoms with Gasteiger partial charge in [0, 0.05) is 0 Å². The number of hydrogen-bond donors (Lipinski definition) is 3. The van der Waals surface area contributed by atoms with Crippen molar-refractivity contribution in [3.8, 4) is 5.75 Å². The van der Waals surface area contributed by atoms with Crippen LogP contribution in [0.15, 0.2) is 18.2 Å². The number of carbonyl (C=O) groups is 1. The van der Waals surface area contributed by atoms with E-state index in [2.05, 4.69) is 0 Å². The first-order valence-electron chi connectivity index (χ1n) is 5.94. The van der Waals surface area contributed by atoms with E-state index in [1.165, 1.54) is 13.2 Å². The third kappa shape index (κ3) is 4.11. The molecule has 2 unspecified atom stereocenters. The summed E-state index contributed by atoms with van der Waals surface area (Å²) in [6.07, 6.45) is -2.73. The van der Waals surface area contributed by atoms with Crippen LogP contribution in [0.3, 0.4) is 0 Å². The highest BCUT2D eigenvalue weighted by atomic mass is 16.5. The normalized spacial score (nSPS) is 13.7. The molecule has 1 aromatic rings. The fourth-order valence-electron chi connectivity index (χ4n) is 1.64. The molecule has 106 valence electrons. The summed E-state index contributed by atoms with van der Waals surface area (Å²) in [6.45, 7) is 1.91. The average Bonchev–Trinajstić information content (AvgIpc) is 2.38. The highest BCUT2D eigenvalue weighted by Gasteiger charge is 2.22. The van der Waals surface area contributed by atoms with E-state index < -0.39 is 18.2 Å². The van der Waals surface area contributed by atoms with Crippen LogP contribution in [-0.2, 0) is 9.53 Å². The molecule has 0 saturated carbocycles. The summed E-state index contributed by atoms with van der Waals surface area (Å²) in [5, 5.41) is 19.7. The van der Waals surface area contributed by atoms with E-state index in [1.807, 2.05) is 0 Å². The molecule has 0 aromatic heterocycles. The van der Waals surface area contributed by atoms with Gasteiger partial charge in [0.05, 0.1) is 31.9 Å². The number of ether oxygens (including phenoxy) is 2. The van der Waals surface area contributed by atoms with Crippen molar-refractivity contribution in [1.82, 2.24) is 0 Å². The Morgan fingerprint density at radius 2 is 2.11 bits per heavy atom. The Balaban J connectivity index is 2.76. The lowest BCUT2D eigenvalue weighted by molar-refractivity contribution is -0.147. The van der Waals surface area contributed by atoms with Crippen molar-refractivity contribution in [2.75, 3.05) is 19.5 Å². The van der Waals surface area contributed by atoms with Crippen molar-refractivity contribution in [1.29, 1.82) is 0 Å². The van der Waals surface area contributed by atoms with Gasteiger partial charge in [-0.3, -0.25) is 4.79 Å². The fourth-order valence-corrected chi connectivity index (χ4v) is 1.64. The Kier molecular flexibility index (Phi) is 5.59. The van der Waals surface area contributed by atoms with Crippen LogP contribution in [-0.4, -0.2) is 36.0 Å².